The van der Waals surface area contributed by atoms with E-state index >= 15 is 0 Å². The lowest BCUT2D eigenvalue weighted by atomic mass is 10.1. The van der Waals surface area contributed by atoms with Gasteiger partial charge in [-0.3, -0.25) is 0 Å². The Morgan fingerprint density at radius 2 is 2.43 bits per heavy atom. The minimum atomic E-state index is 1.15. The van der Waals surface area contributed by atoms with E-state index < -0.39 is 0 Å². The molecule has 0 heterocycles. The van der Waals surface area contributed by atoms with Crippen molar-refractivity contribution in [2.24, 2.45) is 0 Å². The summed E-state index contributed by atoms with van der Waals surface area (Å²) in [6.07, 6.45) is 8.12. The van der Waals surface area contributed by atoms with Gasteiger partial charge in [0.05, 0.1) is 0 Å². The minimum Gasteiger partial charge on any atom is -0.0741 e. The fourth-order valence-corrected chi connectivity index (χ4v) is 1.09. The highest BCUT2D eigenvalue weighted by molar-refractivity contribution is 9.11. The molecule has 0 amide bonds. The molecule has 0 aromatic rings. The second-order valence-corrected chi connectivity index (χ2v) is 2.73. The Balaban J connectivity index is 2.40. The summed E-state index contributed by atoms with van der Waals surface area (Å²) in [6.45, 7) is 0. The fraction of sp³-hybridized carbons (Fsp3) is 0.500. The van der Waals surface area contributed by atoms with Gasteiger partial charge in [-0.2, -0.15) is 0 Å². The Morgan fingerprint density at radius 3 is 2.71 bits per heavy atom. The Labute approximate surface area is 52.7 Å². The second-order valence-electron chi connectivity index (χ2n) is 1.71. The van der Waals surface area contributed by atoms with Crippen molar-refractivity contribution in [1.29, 1.82) is 0 Å². The highest BCUT2D eigenvalue weighted by atomic mass is 79.9. The first-order valence-electron chi connectivity index (χ1n) is 2.56. The third-order valence-electron chi connectivity index (χ3n) is 1.09. The smallest absolute Gasteiger partial charge is 0.00890 e. The summed E-state index contributed by atoms with van der Waals surface area (Å²) in [5.41, 5.74) is 0. The van der Waals surface area contributed by atoms with Gasteiger partial charge in [-0.05, 0) is 30.2 Å². The zero-order chi connectivity index (χ0) is 5.11. The first-order chi connectivity index (χ1) is 3.39. The molecule has 0 N–H and O–H groups in total. The molecule has 1 heteroatoms. The highest BCUT2D eigenvalue weighted by Crippen LogP contribution is 2.20. The van der Waals surface area contributed by atoms with Crippen molar-refractivity contribution in [2.45, 2.75) is 19.3 Å². The molecule has 7 heavy (non-hydrogen) atoms. The van der Waals surface area contributed by atoms with Gasteiger partial charge in [-0.1, -0.05) is 22.0 Å². The third-order valence-corrected chi connectivity index (χ3v) is 1.81. The van der Waals surface area contributed by atoms with Crippen LogP contribution in [0.4, 0.5) is 0 Å². The highest BCUT2D eigenvalue weighted by Gasteiger charge is 1.97. The van der Waals surface area contributed by atoms with Crippen LogP contribution in [0.5, 0.6) is 0 Å². The molecule has 0 bridgehead atoms. The second kappa shape index (κ2) is 2.51. The van der Waals surface area contributed by atoms with Gasteiger partial charge in [-0.15, -0.1) is 0 Å². The summed E-state index contributed by atoms with van der Waals surface area (Å²) in [6, 6.07) is 0. The molecule has 0 aliphatic heterocycles. The summed E-state index contributed by atoms with van der Waals surface area (Å²) in [5.74, 6) is 0. The number of hydrogen-bond acceptors (Lipinski definition) is 0. The topological polar surface area (TPSA) is 0 Å². The minimum absolute atomic E-state index is 1.15. The van der Waals surface area contributed by atoms with Crippen LogP contribution in [0.25, 0.3) is 0 Å². The predicted molar refractivity (Wildman–Crippen MR) is 35.2 cm³/mol. The molecule has 1 rings (SSSR count). The number of hydrogen-bond donors (Lipinski definition) is 0. The molecule has 0 aromatic heterocycles. The molecular weight excluding hydrogens is 152 g/mol. The van der Waals surface area contributed by atoms with Crippen LogP contribution in [0.15, 0.2) is 10.6 Å². The SMILES string of the molecule is BrC1=CC[CH]CC1. The quantitative estimate of drug-likeness (QED) is 0.511. The van der Waals surface area contributed by atoms with Crippen molar-refractivity contribution in [2.75, 3.05) is 0 Å². The number of halogens is 1. The largest absolute Gasteiger partial charge is 0.0741 e. The average molecular weight is 160 g/mol. The van der Waals surface area contributed by atoms with E-state index in [4.69, 9.17) is 0 Å². The van der Waals surface area contributed by atoms with Crippen LogP contribution in [0.2, 0.25) is 0 Å². The van der Waals surface area contributed by atoms with Gasteiger partial charge >= 0.3 is 0 Å². The van der Waals surface area contributed by atoms with E-state index in [2.05, 4.69) is 28.4 Å². The molecule has 39 valence electrons. The first-order valence-corrected chi connectivity index (χ1v) is 3.35. The van der Waals surface area contributed by atoms with Crippen molar-refractivity contribution in [3.63, 3.8) is 0 Å². The van der Waals surface area contributed by atoms with Crippen molar-refractivity contribution >= 4 is 15.9 Å². The van der Waals surface area contributed by atoms with Crippen molar-refractivity contribution in [3.05, 3.63) is 17.0 Å². The molecule has 0 fully saturated rings. The van der Waals surface area contributed by atoms with E-state index in [-0.39, 0.29) is 0 Å². The molecule has 1 aliphatic rings. The van der Waals surface area contributed by atoms with Gasteiger partial charge < -0.3 is 0 Å². The average Bonchev–Trinajstić information content (AvgIpc) is 1.69. The van der Waals surface area contributed by atoms with Gasteiger partial charge in [0, 0.05) is 0 Å². The molecular formula is C6H8Br. The normalized spacial score (nSPS) is 21.6. The summed E-state index contributed by atoms with van der Waals surface area (Å²) in [4.78, 5) is 0. The number of rotatable bonds is 0. The summed E-state index contributed by atoms with van der Waals surface area (Å²) in [7, 11) is 0. The lowest BCUT2D eigenvalue weighted by molar-refractivity contribution is 0.885. The molecule has 0 nitrogen and oxygen atoms in total. The van der Waals surface area contributed by atoms with E-state index in [1.165, 1.54) is 17.3 Å². The van der Waals surface area contributed by atoms with Crippen LogP contribution in [0.1, 0.15) is 19.3 Å². The van der Waals surface area contributed by atoms with E-state index in [1.807, 2.05) is 0 Å². The maximum atomic E-state index is 3.43. The lowest BCUT2D eigenvalue weighted by Gasteiger charge is -2.03. The summed E-state index contributed by atoms with van der Waals surface area (Å²) >= 11 is 3.43. The molecule has 0 spiro atoms. The number of allylic oxidation sites excluding steroid dienone is 2. The lowest BCUT2D eigenvalue weighted by Crippen LogP contribution is -1.83. The molecule has 1 aliphatic carbocycles. The zero-order valence-electron chi connectivity index (χ0n) is 4.15. The molecule has 1 radical (unpaired) electrons. The van der Waals surface area contributed by atoms with Gasteiger partial charge in [0.1, 0.15) is 0 Å². The Kier molecular flexibility index (Phi) is 1.92. The van der Waals surface area contributed by atoms with Crippen molar-refractivity contribution < 1.29 is 0 Å². The Morgan fingerprint density at radius 1 is 1.57 bits per heavy atom. The maximum Gasteiger partial charge on any atom is -0.00890 e. The monoisotopic (exact) mass is 159 g/mol. The maximum absolute atomic E-state index is 3.43. The summed E-state index contributed by atoms with van der Waals surface area (Å²) < 4.78 is 1.37. The van der Waals surface area contributed by atoms with Gasteiger partial charge in [0.25, 0.3) is 0 Å². The zero-order valence-corrected chi connectivity index (χ0v) is 5.74. The first kappa shape index (κ1) is 5.36. The fourth-order valence-electron chi connectivity index (χ4n) is 0.671. The van der Waals surface area contributed by atoms with E-state index in [1.54, 1.807) is 0 Å². The van der Waals surface area contributed by atoms with E-state index in [0.29, 0.717) is 0 Å². The van der Waals surface area contributed by atoms with Crippen LogP contribution >= 0.6 is 15.9 Å². The van der Waals surface area contributed by atoms with Gasteiger partial charge in [-0.25, -0.2) is 0 Å². The van der Waals surface area contributed by atoms with Crippen LogP contribution in [-0.4, -0.2) is 0 Å². The van der Waals surface area contributed by atoms with Crippen LogP contribution < -0.4 is 0 Å². The Bertz CT molecular complexity index is 84.2. The molecule has 0 unspecified atom stereocenters. The van der Waals surface area contributed by atoms with Crippen molar-refractivity contribution in [3.8, 4) is 0 Å². The van der Waals surface area contributed by atoms with Crippen LogP contribution in [0.3, 0.4) is 0 Å². The Hall–Kier alpha value is 0.220. The summed E-state index contributed by atoms with van der Waals surface area (Å²) in [5, 5.41) is 0. The van der Waals surface area contributed by atoms with E-state index in [9.17, 15) is 0 Å². The molecule has 0 saturated carbocycles. The predicted octanol–water partition coefficient (Wildman–Crippen LogP) is 2.65. The molecule has 0 atom stereocenters. The third kappa shape index (κ3) is 1.64. The van der Waals surface area contributed by atoms with Gasteiger partial charge in [0.15, 0.2) is 0 Å². The van der Waals surface area contributed by atoms with Gasteiger partial charge in [0.2, 0.25) is 0 Å². The van der Waals surface area contributed by atoms with Crippen molar-refractivity contribution in [1.82, 2.24) is 0 Å². The standard InChI is InChI=1S/C6H8Br/c7-6-4-2-1-3-5-6/h1,4H,2-3,5H2. The molecule has 0 saturated heterocycles. The van der Waals surface area contributed by atoms with Crippen LogP contribution in [0, 0.1) is 6.42 Å². The van der Waals surface area contributed by atoms with E-state index in [0.717, 1.165) is 6.42 Å². The molecule has 0 aromatic carbocycles. The van der Waals surface area contributed by atoms with Crippen LogP contribution in [-0.2, 0) is 0 Å².